The maximum Gasteiger partial charge on any atom is 0.239 e. The number of nitrogens with zero attached hydrogens (tertiary/aromatic N) is 1. The molecular formula is C15H24N2O2S. The van der Waals surface area contributed by atoms with Gasteiger partial charge in [0.25, 0.3) is 0 Å². The number of amides is 1. The van der Waals surface area contributed by atoms with Crippen LogP contribution >= 0.6 is 11.3 Å². The van der Waals surface area contributed by atoms with Crippen LogP contribution < -0.4 is 5.32 Å². The summed E-state index contributed by atoms with van der Waals surface area (Å²) in [7, 11) is 0. The Morgan fingerprint density at radius 2 is 2.15 bits per heavy atom. The van der Waals surface area contributed by atoms with Crippen LogP contribution in [0.2, 0.25) is 0 Å². The van der Waals surface area contributed by atoms with Crippen LogP contribution in [0.3, 0.4) is 0 Å². The minimum Gasteiger partial charge on any atom is -0.378 e. The number of carbonyl (C=O) groups is 1. The zero-order valence-corrected chi connectivity index (χ0v) is 13.3. The van der Waals surface area contributed by atoms with Crippen molar-refractivity contribution in [3.8, 4) is 0 Å². The first-order valence-electron chi connectivity index (χ1n) is 7.30. The maximum absolute atomic E-state index is 12.5. The Labute approximate surface area is 125 Å². The van der Waals surface area contributed by atoms with Crippen molar-refractivity contribution >= 4 is 17.2 Å². The van der Waals surface area contributed by atoms with Gasteiger partial charge in [-0.05, 0) is 32.4 Å². The van der Waals surface area contributed by atoms with E-state index in [-0.39, 0.29) is 18.0 Å². The molecule has 1 N–H and O–H groups in total. The standard InChI is InChI=1S/C15H24N2O2S/c1-4-13(15(18)17-7-9-19-10-8-17)16-12(3)14-6-5-11(2)20-14/h5-6,12-13,16H,4,7-10H2,1-3H3. The van der Waals surface area contributed by atoms with Gasteiger partial charge in [0.2, 0.25) is 5.91 Å². The maximum atomic E-state index is 12.5. The minimum atomic E-state index is -0.106. The number of nitrogens with one attached hydrogen (secondary N) is 1. The van der Waals surface area contributed by atoms with Crippen molar-refractivity contribution in [2.45, 2.75) is 39.3 Å². The van der Waals surface area contributed by atoms with Gasteiger partial charge in [0.05, 0.1) is 19.3 Å². The summed E-state index contributed by atoms with van der Waals surface area (Å²) in [6, 6.07) is 4.38. The predicted molar refractivity (Wildman–Crippen MR) is 82.1 cm³/mol. The molecule has 2 atom stereocenters. The number of morpholine rings is 1. The summed E-state index contributed by atoms with van der Waals surface area (Å²) in [6.07, 6.45) is 0.810. The molecule has 1 aliphatic heterocycles. The molecular weight excluding hydrogens is 272 g/mol. The number of hydrogen-bond donors (Lipinski definition) is 1. The van der Waals surface area contributed by atoms with Crippen LogP contribution in [0.15, 0.2) is 12.1 Å². The van der Waals surface area contributed by atoms with E-state index in [0.29, 0.717) is 26.3 Å². The summed E-state index contributed by atoms with van der Waals surface area (Å²) in [5, 5.41) is 3.47. The van der Waals surface area contributed by atoms with E-state index in [9.17, 15) is 4.79 Å². The largest absolute Gasteiger partial charge is 0.378 e. The fraction of sp³-hybridized carbons (Fsp3) is 0.667. The first-order chi connectivity index (χ1) is 9.61. The third kappa shape index (κ3) is 3.81. The molecule has 2 unspecified atom stereocenters. The zero-order valence-electron chi connectivity index (χ0n) is 12.5. The number of ether oxygens (including phenoxy) is 1. The average Bonchev–Trinajstić information content (AvgIpc) is 2.91. The molecule has 0 bridgehead atoms. The Kier molecular flexibility index (Phi) is 5.57. The van der Waals surface area contributed by atoms with E-state index >= 15 is 0 Å². The molecule has 0 spiro atoms. The first-order valence-corrected chi connectivity index (χ1v) is 8.12. The number of thiophene rings is 1. The van der Waals surface area contributed by atoms with Crippen molar-refractivity contribution in [3.63, 3.8) is 0 Å². The van der Waals surface area contributed by atoms with Gasteiger partial charge in [-0.15, -0.1) is 11.3 Å². The van der Waals surface area contributed by atoms with E-state index in [4.69, 9.17) is 4.74 Å². The van der Waals surface area contributed by atoms with Crippen LogP contribution in [0.4, 0.5) is 0 Å². The Hall–Kier alpha value is -0.910. The van der Waals surface area contributed by atoms with Gasteiger partial charge in [-0.3, -0.25) is 10.1 Å². The molecule has 0 saturated carbocycles. The second-order valence-corrected chi connectivity index (χ2v) is 6.55. The quantitative estimate of drug-likeness (QED) is 0.907. The molecule has 1 amide bonds. The molecule has 20 heavy (non-hydrogen) atoms. The summed E-state index contributed by atoms with van der Waals surface area (Å²) >= 11 is 1.79. The molecule has 2 rings (SSSR count). The third-order valence-electron chi connectivity index (χ3n) is 3.67. The van der Waals surface area contributed by atoms with Crippen LogP contribution in [0.5, 0.6) is 0 Å². The average molecular weight is 296 g/mol. The highest BCUT2D eigenvalue weighted by Gasteiger charge is 2.26. The Morgan fingerprint density at radius 1 is 1.45 bits per heavy atom. The monoisotopic (exact) mass is 296 g/mol. The van der Waals surface area contributed by atoms with E-state index < -0.39 is 0 Å². The van der Waals surface area contributed by atoms with Crippen LogP contribution in [0, 0.1) is 6.92 Å². The van der Waals surface area contributed by atoms with Crippen molar-refractivity contribution in [1.29, 1.82) is 0 Å². The number of hydrogen-bond acceptors (Lipinski definition) is 4. The summed E-state index contributed by atoms with van der Waals surface area (Å²) in [5.74, 6) is 0.205. The predicted octanol–water partition coefficient (Wildman–Crippen LogP) is 2.34. The van der Waals surface area contributed by atoms with Gasteiger partial charge in [0, 0.05) is 28.9 Å². The fourth-order valence-electron chi connectivity index (χ4n) is 2.44. The van der Waals surface area contributed by atoms with Crippen molar-refractivity contribution in [2.75, 3.05) is 26.3 Å². The summed E-state index contributed by atoms with van der Waals surface area (Å²) in [4.78, 5) is 17.0. The minimum absolute atomic E-state index is 0.106. The molecule has 1 aromatic rings. The van der Waals surface area contributed by atoms with E-state index in [0.717, 1.165) is 6.42 Å². The molecule has 0 radical (unpaired) electrons. The third-order valence-corrected chi connectivity index (χ3v) is 4.85. The first kappa shape index (κ1) is 15.5. The number of aryl methyl sites for hydroxylation is 1. The van der Waals surface area contributed by atoms with Gasteiger partial charge in [0.15, 0.2) is 0 Å². The van der Waals surface area contributed by atoms with Crippen molar-refractivity contribution < 1.29 is 9.53 Å². The number of rotatable bonds is 5. The van der Waals surface area contributed by atoms with Crippen LogP contribution in [0.1, 0.15) is 36.1 Å². The molecule has 112 valence electrons. The van der Waals surface area contributed by atoms with Gasteiger partial charge in [0.1, 0.15) is 0 Å². The molecule has 1 aliphatic rings. The molecule has 0 aliphatic carbocycles. The normalized spacial score (nSPS) is 18.9. The molecule has 5 heteroatoms. The smallest absolute Gasteiger partial charge is 0.239 e. The summed E-state index contributed by atoms with van der Waals surface area (Å²) in [5.41, 5.74) is 0. The zero-order chi connectivity index (χ0) is 14.5. The summed E-state index contributed by atoms with van der Waals surface area (Å²) in [6.45, 7) is 9.02. The Balaban J connectivity index is 1.95. The highest BCUT2D eigenvalue weighted by atomic mass is 32.1. The van der Waals surface area contributed by atoms with Crippen molar-refractivity contribution in [3.05, 3.63) is 21.9 Å². The highest BCUT2D eigenvalue weighted by molar-refractivity contribution is 7.12. The van der Waals surface area contributed by atoms with E-state index in [1.165, 1.54) is 9.75 Å². The molecule has 1 saturated heterocycles. The van der Waals surface area contributed by atoms with Gasteiger partial charge >= 0.3 is 0 Å². The van der Waals surface area contributed by atoms with Crippen LogP contribution in [-0.2, 0) is 9.53 Å². The molecule has 1 fully saturated rings. The van der Waals surface area contributed by atoms with Crippen molar-refractivity contribution in [1.82, 2.24) is 10.2 Å². The summed E-state index contributed by atoms with van der Waals surface area (Å²) < 4.78 is 5.30. The Bertz CT molecular complexity index is 441. The van der Waals surface area contributed by atoms with Gasteiger partial charge in [-0.2, -0.15) is 0 Å². The lowest BCUT2D eigenvalue weighted by molar-refractivity contribution is -0.137. The topological polar surface area (TPSA) is 41.6 Å². The lowest BCUT2D eigenvalue weighted by Gasteiger charge is -2.31. The molecule has 4 nitrogen and oxygen atoms in total. The lowest BCUT2D eigenvalue weighted by atomic mass is 10.1. The van der Waals surface area contributed by atoms with Crippen LogP contribution in [0.25, 0.3) is 0 Å². The fourth-order valence-corrected chi connectivity index (χ4v) is 3.33. The SMILES string of the molecule is CCC(NC(C)c1ccc(C)s1)C(=O)N1CCOCC1. The van der Waals surface area contributed by atoms with Gasteiger partial charge < -0.3 is 9.64 Å². The molecule has 2 heterocycles. The Morgan fingerprint density at radius 3 is 2.70 bits per heavy atom. The second-order valence-electron chi connectivity index (χ2n) is 5.24. The highest BCUT2D eigenvalue weighted by Crippen LogP contribution is 2.23. The van der Waals surface area contributed by atoms with Gasteiger partial charge in [-0.25, -0.2) is 0 Å². The number of carbonyl (C=O) groups excluding carboxylic acids is 1. The van der Waals surface area contributed by atoms with Gasteiger partial charge in [-0.1, -0.05) is 6.92 Å². The lowest BCUT2D eigenvalue weighted by Crippen LogP contribution is -2.50. The second kappa shape index (κ2) is 7.20. The van der Waals surface area contributed by atoms with Crippen molar-refractivity contribution in [2.24, 2.45) is 0 Å². The molecule has 0 aromatic carbocycles. The molecule has 1 aromatic heterocycles. The van der Waals surface area contributed by atoms with E-state index in [2.05, 4.69) is 38.2 Å². The van der Waals surface area contributed by atoms with E-state index in [1.807, 2.05) is 4.90 Å². The van der Waals surface area contributed by atoms with Crippen LogP contribution in [-0.4, -0.2) is 43.2 Å². The van der Waals surface area contributed by atoms with E-state index in [1.54, 1.807) is 11.3 Å².